The highest BCUT2D eigenvalue weighted by molar-refractivity contribution is 6.03. The predicted molar refractivity (Wildman–Crippen MR) is 78.7 cm³/mol. The summed E-state index contributed by atoms with van der Waals surface area (Å²) in [6, 6.07) is 14.2. The van der Waals surface area contributed by atoms with E-state index in [0.29, 0.717) is 12.1 Å². The van der Waals surface area contributed by atoms with Crippen LogP contribution in [0.15, 0.2) is 47.6 Å². The molecule has 0 radical (unpaired) electrons. The topological polar surface area (TPSA) is 41.8 Å². The Labute approximate surface area is 118 Å². The van der Waals surface area contributed by atoms with Gasteiger partial charge in [-0.25, -0.2) is 0 Å². The van der Waals surface area contributed by atoms with Gasteiger partial charge in [-0.3, -0.25) is 0 Å². The van der Waals surface area contributed by atoms with Crippen molar-refractivity contribution in [3.05, 3.63) is 64.7 Å². The second kappa shape index (κ2) is 5.00. The van der Waals surface area contributed by atoms with E-state index in [2.05, 4.69) is 36.3 Å². The van der Waals surface area contributed by atoms with E-state index in [9.17, 15) is 5.21 Å². The Kier molecular flexibility index (Phi) is 3.18. The lowest BCUT2D eigenvalue weighted by Gasteiger charge is -2.27. The molecule has 0 fully saturated rings. The summed E-state index contributed by atoms with van der Waals surface area (Å²) in [5, 5.41) is 12.7. The largest absolute Gasteiger partial charge is 0.485 e. The van der Waals surface area contributed by atoms with E-state index in [0.717, 1.165) is 22.4 Å². The van der Waals surface area contributed by atoms with Crippen LogP contribution in [0.5, 0.6) is 5.75 Å². The third kappa shape index (κ3) is 2.27. The molecule has 0 saturated carbocycles. The molecule has 0 aliphatic carbocycles. The van der Waals surface area contributed by atoms with E-state index in [1.54, 1.807) is 0 Å². The molecular formula is C17H17NO2. The van der Waals surface area contributed by atoms with E-state index in [4.69, 9.17) is 4.74 Å². The van der Waals surface area contributed by atoms with E-state index < -0.39 is 0 Å². The van der Waals surface area contributed by atoms with Gasteiger partial charge in [0.05, 0.1) is 5.71 Å². The van der Waals surface area contributed by atoms with Crippen molar-refractivity contribution >= 4 is 5.71 Å². The van der Waals surface area contributed by atoms with Gasteiger partial charge in [0.25, 0.3) is 0 Å². The van der Waals surface area contributed by atoms with Gasteiger partial charge in [0.1, 0.15) is 11.9 Å². The Hall–Kier alpha value is -2.29. The molecule has 2 aromatic carbocycles. The SMILES string of the molecule is Cc1ccc(C2C/C(=N/O)c3cc(C)ccc3O2)cc1. The summed E-state index contributed by atoms with van der Waals surface area (Å²) in [6.07, 6.45) is 0.479. The number of rotatable bonds is 1. The molecule has 2 aromatic rings. The molecule has 0 spiro atoms. The highest BCUT2D eigenvalue weighted by atomic mass is 16.5. The number of hydrogen-bond donors (Lipinski definition) is 1. The summed E-state index contributed by atoms with van der Waals surface area (Å²) in [7, 11) is 0. The number of nitrogens with zero attached hydrogens (tertiary/aromatic N) is 1. The monoisotopic (exact) mass is 267 g/mol. The van der Waals surface area contributed by atoms with Gasteiger partial charge in [0.15, 0.2) is 0 Å². The highest BCUT2D eigenvalue weighted by Gasteiger charge is 2.26. The van der Waals surface area contributed by atoms with Gasteiger partial charge in [0.2, 0.25) is 0 Å². The average Bonchev–Trinajstić information content (AvgIpc) is 2.47. The molecule has 3 rings (SSSR count). The normalized spacial score (nSPS) is 19.5. The number of oxime groups is 1. The second-order valence-electron chi connectivity index (χ2n) is 5.27. The summed E-state index contributed by atoms with van der Waals surface area (Å²) in [4.78, 5) is 0. The van der Waals surface area contributed by atoms with Gasteiger partial charge in [-0.05, 0) is 31.5 Å². The molecule has 1 heterocycles. The maximum atomic E-state index is 9.27. The molecule has 0 saturated heterocycles. The van der Waals surface area contributed by atoms with Crippen LogP contribution >= 0.6 is 0 Å². The van der Waals surface area contributed by atoms with Gasteiger partial charge in [-0.1, -0.05) is 46.6 Å². The Morgan fingerprint density at radius 1 is 1.05 bits per heavy atom. The Morgan fingerprint density at radius 2 is 1.75 bits per heavy atom. The van der Waals surface area contributed by atoms with E-state index >= 15 is 0 Å². The van der Waals surface area contributed by atoms with Gasteiger partial charge in [-0.15, -0.1) is 0 Å². The summed E-state index contributed by atoms with van der Waals surface area (Å²) < 4.78 is 6.05. The highest BCUT2D eigenvalue weighted by Crippen LogP contribution is 2.35. The van der Waals surface area contributed by atoms with Crippen LogP contribution in [0.4, 0.5) is 0 Å². The van der Waals surface area contributed by atoms with E-state index in [1.165, 1.54) is 5.56 Å². The molecule has 0 aromatic heterocycles. The summed E-state index contributed by atoms with van der Waals surface area (Å²) in [5.41, 5.74) is 5.01. The lowest BCUT2D eigenvalue weighted by atomic mass is 9.94. The Bertz CT molecular complexity index is 659. The number of fused-ring (bicyclic) bond motifs is 1. The molecule has 0 bridgehead atoms. The molecule has 1 aliphatic heterocycles. The van der Waals surface area contributed by atoms with Crippen LogP contribution in [0, 0.1) is 13.8 Å². The Balaban J connectivity index is 1.99. The van der Waals surface area contributed by atoms with Crippen LogP contribution < -0.4 is 4.74 Å². The van der Waals surface area contributed by atoms with Crippen LogP contribution in [0.3, 0.4) is 0 Å². The zero-order valence-corrected chi connectivity index (χ0v) is 11.6. The summed E-state index contributed by atoms with van der Waals surface area (Å²) >= 11 is 0. The fourth-order valence-corrected chi connectivity index (χ4v) is 2.51. The minimum Gasteiger partial charge on any atom is -0.485 e. The van der Waals surface area contributed by atoms with Crippen LogP contribution in [-0.2, 0) is 0 Å². The first kappa shape index (κ1) is 12.7. The fourth-order valence-electron chi connectivity index (χ4n) is 2.51. The molecule has 1 atom stereocenters. The van der Waals surface area contributed by atoms with E-state index in [-0.39, 0.29) is 6.10 Å². The maximum absolute atomic E-state index is 9.27. The first-order chi connectivity index (χ1) is 9.67. The standard InChI is InChI=1S/C17H17NO2/c1-11-3-6-13(7-4-11)17-10-15(18-19)14-9-12(2)5-8-16(14)20-17/h3-9,17,19H,10H2,1-2H3/b18-15-. The third-order valence-corrected chi connectivity index (χ3v) is 3.66. The van der Waals surface area contributed by atoms with Crippen molar-refractivity contribution in [1.29, 1.82) is 0 Å². The first-order valence-corrected chi connectivity index (χ1v) is 6.72. The average molecular weight is 267 g/mol. The van der Waals surface area contributed by atoms with Crippen molar-refractivity contribution in [2.24, 2.45) is 5.16 Å². The van der Waals surface area contributed by atoms with E-state index in [1.807, 2.05) is 25.1 Å². The lowest BCUT2D eigenvalue weighted by Crippen LogP contribution is -2.21. The Morgan fingerprint density at radius 3 is 2.45 bits per heavy atom. The summed E-state index contributed by atoms with van der Waals surface area (Å²) in [6.45, 7) is 4.07. The number of hydrogen-bond acceptors (Lipinski definition) is 3. The lowest BCUT2D eigenvalue weighted by molar-refractivity contribution is 0.203. The predicted octanol–water partition coefficient (Wildman–Crippen LogP) is 4.01. The van der Waals surface area contributed by atoms with Crippen LogP contribution in [0.1, 0.15) is 34.8 Å². The first-order valence-electron chi connectivity index (χ1n) is 6.72. The van der Waals surface area contributed by atoms with Crippen LogP contribution in [-0.4, -0.2) is 10.9 Å². The number of ether oxygens (including phenoxy) is 1. The third-order valence-electron chi connectivity index (χ3n) is 3.66. The molecule has 20 heavy (non-hydrogen) atoms. The zero-order chi connectivity index (χ0) is 14.1. The quantitative estimate of drug-likeness (QED) is 0.626. The van der Waals surface area contributed by atoms with Crippen LogP contribution in [0.2, 0.25) is 0 Å². The minimum atomic E-state index is -0.100. The fraction of sp³-hybridized carbons (Fsp3) is 0.235. The van der Waals surface area contributed by atoms with Crippen molar-refractivity contribution in [2.75, 3.05) is 0 Å². The molecular weight excluding hydrogens is 250 g/mol. The number of aryl methyl sites for hydroxylation is 2. The molecule has 3 nitrogen and oxygen atoms in total. The van der Waals surface area contributed by atoms with Crippen molar-refractivity contribution < 1.29 is 9.94 Å². The molecule has 3 heteroatoms. The minimum absolute atomic E-state index is 0.100. The van der Waals surface area contributed by atoms with Crippen molar-refractivity contribution in [3.8, 4) is 5.75 Å². The smallest absolute Gasteiger partial charge is 0.129 e. The van der Waals surface area contributed by atoms with Crippen molar-refractivity contribution in [2.45, 2.75) is 26.4 Å². The summed E-state index contributed by atoms with van der Waals surface area (Å²) in [5.74, 6) is 0.778. The number of benzene rings is 2. The maximum Gasteiger partial charge on any atom is 0.129 e. The molecule has 1 aliphatic rings. The van der Waals surface area contributed by atoms with Gasteiger partial charge < -0.3 is 9.94 Å². The molecule has 1 unspecified atom stereocenters. The zero-order valence-electron chi connectivity index (χ0n) is 11.6. The van der Waals surface area contributed by atoms with Crippen molar-refractivity contribution in [1.82, 2.24) is 0 Å². The van der Waals surface area contributed by atoms with Crippen molar-refractivity contribution in [3.63, 3.8) is 0 Å². The molecule has 0 amide bonds. The van der Waals surface area contributed by atoms with Crippen LogP contribution in [0.25, 0.3) is 0 Å². The van der Waals surface area contributed by atoms with Gasteiger partial charge >= 0.3 is 0 Å². The molecule has 102 valence electrons. The second-order valence-corrected chi connectivity index (χ2v) is 5.27. The van der Waals surface area contributed by atoms with Gasteiger partial charge in [0, 0.05) is 12.0 Å². The van der Waals surface area contributed by atoms with Gasteiger partial charge in [-0.2, -0.15) is 0 Å². The molecule has 1 N–H and O–H groups in total.